The highest BCUT2D eigenvalue weighted by Gasteiger charge is 2.20. The van der Waals surface area contributed by atoms with Crippen LogP contribution in [0.2, 0.25) is 0 Å². The first kappa shape index (κ1) is 9.01. The third-order valence-electron chi connectivity index (χ3n) is 2.71. The number of rotatable bonds is 2. The molecule has 1 fully saturated rings. The van der Waals surface area contributed by atoms with Crippen molar-refractivity contribution in [2.24, 2.45) is 0 Å². The summed E-state index contributed by atoms with van der Waals surface area (Å²) in [7, 11) is 0. The van der Waals surface area contributed by atoms with Crippen LogP contribution in [0.1, 0.15) is 27.2 Å². The Bertz CT molecular complexity index is 110. The van der Waals surface area contributed by atoms with Crippen molar-refractivity contribution in [3.8, 4) is 0 Å². The summed E-state index contributed by atoms with van der Waals surface area (Å²) in [6.45, 7) is 10.4. The van der Waals surface area contributed by atoms with Crippen LogP contribution in [0, 0.1) is 0 Å². The van der Waals surface area contributed by atoms with Crippen molar-refractivity contribution in [3.05, 3.63) is 0 Å². The van der Waals surface area contributed by atoms with Crippen LogP contribution in [0.25, 0.3) is 0 Å². The Morgan fingerprint density at radius 3 is 2.91 bits per heavy atom. The van der Waals surface area contributed by atoms with E-state index in [0.29, 0.717) is 0 Å². The molecule has 1 N–H and O–H groups in total. The summed E-state index contributed by atoms with van der Waals surface area (Å²) in [5.41, 5.74) is 0. The Balaban J connectivity index is 2.40. The zero-order valence-corrected chi connectivity index (χ0v) is 7.93. The fourth-order valence-electron chi connectivity index (χ4n) is 1.75. The summed E-state index contributed by atoms with van der Waals surface area (Å²) in [6.07, 6.45) is 1.27. The van der Waals surface area contributed by atoms with Crippen LogP contribution >= 0.6 is 0 Å². The normalized spacial score (nSPS) is 30.3. The van der Waals surface area contributed by atoms with Gasteiger partial charge in [0.2, 0.25) is 0 Å². The van der Waals surface area contributed by atoms with Crippen LogP contribution in [-0.4, -0.2) is 36.6 Å². The van der Waals surface area contributed by atoms with Gasteiger partial charge in [0, 0.05) is 31.7 Å². The lowest BCUT2D eigenvalue weighted by Crippen LogP contribution is -2.52. The molecule has 66 valence electrons. The molecular formula is C9H20N2. The molecule has 2 nitrogen and oxygen atoms in total. The largest absolute Gasteiger partial charge is 0.314 e. The molecule has 0 unspecified atom stereocenters. The van der Waals surface area contributed by atoms with Crippen LogP contribution < -0.4 is 5.32 Å². The molecule has 1 heterocycles. The van der Waals surface area contributed by atoms with Crippen molar-refractivity contribution in [2.75, 3.05) is 19.6 Å². The van der Waals surface area contributed by atoms with E-state index in [2.05, 4.69) is 31.0 Å². The van der Waals surface area contributed by atoms with Gasteiger partial charge in [0.1, 0.15) is 0 Å². The van der Waals surface area contributed by atoms with Crippen molar-refractivity contribution >= 4 is 0 Å². The number of hydrogen-bond donors (Lipinski definition) is 1. The van der Waals surface area contributed by atoms with Gasteiger partial charge in [-0.25, -0.2) is 0 Å². The van der Waals surface area contributed by atoms with Crippen molar-refractivity contribution in [3.63, 3.8) is 0 Å². The minimum atomic E-state index is 0.721. The molecule has 0 bridgehead atoms. The van der Waals surface area contributed by atoms with E-state index in [1.165, 1.54) is 13.0 Å². The average Bonchev–Trinajstić information content (AvgIpc) is 2.04. The third-order valence-corrected chi connectivity index (χ3v) is 2.71. The van der Waals surface area contributed by atoms with E-state index in [4.69, 9.17) is 0 Å². The maximum Gasteiger partial charge on any atom is 0.0195 e. The Kier molecular flexibility index (Phi) is 3.34. The first-order valence-corrected chi connectivity index (χ1v) is 4.72. The molecule has 0 aromatic carbocycles. The average molecular weight is 156 g/mol. The lowest BCUT2D eigenvalue weighted by Gasteiger charge is -2.38. The monoisotopic (exact) mass is 156 g/mol. The molecule has 1 aliphatic heterocycles. The highest BCUT2D eigenvalue weighted by molar-refractivity contribution is 4.79. The molecule has 0 aromatic rings. The summed E-state index contributed by atoms with van der Waals surface area (Å²) in [4.78, 5) is 2.59. The fraction of sp³-hybridized carbons (Fsp3) is 1.00. The van der Waals surface area contributed by atoms with Gasteiger partial charge in [0.05, 0.1) is 0 Å². The van der Waals surface area contributed by atoms with E-state index in [9.17, 15) is 0 Å². The second-order valence-electron chi connectivity index (χ2n) is 3.55. The molecule has 1 aliphatic rings. The molecule has 11 heavy (non-hydrogen) atoms. The van der Waals surface area contributed by atoms with Crippen molar-refractivity contribution in [1.29, 1.82) is 0 Å². The first-order valence-electron chi connectivity index (χ1n) is 4.72. The second-order valence-corrected chi connectivity index (χ2v) is 3.55. The quantitative estimate of drug-likeness (QED) is 0.643. The van der Waals surface area contributed by atoms with Gasteiger partial charge in [-0.2, -0.15) is 0 Å². The summed E-state index contributed by atoms with van der Waals surface area (Å²) in [6, 6.07) is 1.48. The third kappa shape index (κ3) is 2.17. The van der Waals surface area contributed by atoms with E-state index < -0.39 is 0 Å². The van der Waals surface area contributed by atoms with E-state index in [-0.39, 0.29) is 0 Å². The van der Waals surface area contributed by atoms with Crippen LogP contribution in [0.5, 0.6) is 0 Å². The predicted octanol–water partition coefficient (Wildman–Crippen LogP) is 1.08. The minimum absolute atomic E-state index is 0.721. The van der Waals surface area contributed by atoms with Gasteiger partial charge in [0.15, 0.2) is 0 Å². The van der Waals surface area contributed by atoms with Crippen LogP contribution in [0.4, 0.5) is 0 Å². The summed E-state index contributed by atoms with van der Waals surface area (Å²) >= 11 is 0. The predicted molar refractivity (Wildman–Crippen MR) is 48.8 cm³/mol. The number of nitrogens with zero attached hydrogens (tertiary/aromatic N) is 1. The Morgan fingerprint density at radius 2 is 2.36 bits per heavy atom. The van der Waals surface area contributed by atoms with Gasteiger partial charge in [0.25, 0.3) is 0 Å². The van der Waals surface area contributed by atoms with Crippen molar-refractivity contribution in [2.45, 2.75) is 39.3 Å². The molecule has 1 saturated heterocycles. The maximum absolute atomic E-state index is 3.40. The molecule has 2 heteroatoms. The van der Waals surface area contributed by atoms with Gasteiger partial charge in [-0.3, -0.25) is 4.90 Å². The molecule has 0 spiro atoms. The van der Waals surface area contributed by atoms with E-state index in [1.54, 1.807) is 0 Å². The molecular weight excluding hydrogens is 136 g/mol. The summed E-state index contributed by atoms with van der Waals surface area (Å²) < 4.78 is 0. The lowest BCUT2D eigenvalue weighted by atomic mass is 10.1. The van der Waals surface area contributed by atoms with E-state index >= 15 is 0 Å². The van der Waals surface area contributed by atoms with E-state index in [1.807, 2.05) is 0 Å². The van der Waals surface area contributed by atoms with Crippen LogP contribution in [0.15, 0.2) is 0 Å². The maximum atomic E-state index is 3.40. The highest BCUT2D eigenvalue weighted by Crippen LogP contribution is 2.09. The van der Waals surface area contributed by atoms with Gasteiger partial charge in [-0.15, -0.1) is 0 Å². The van der Waals surface area contributed by atoms with E-state index in [0.717, 1.165) is 25.2 Å². The number of piperazine rings is 1. The van der Waals surface area contributed by atoms with Crippen LogP contribution in [-0.2, 0) is 0 Å². The van der Waals surface area contributed by atoms with Crippen LogP contribution in [0.3, 0.4) is 0 Å². The standard InChI is InChI=1S/C9H20N2/c1-4-8(2)11-6-5-10-7-9(11)3/h8-10H,4-7H2,1-3H3/t8-,9+/m1/s1. The fourth-order valence-corrected chi connectivity index (χ4v) is 1.75. The minimum Gasteiger partial charge on any atom is -0.314 e. The topological polar surface area (TPSA) is 15.3 Å². The Morgan fingerprint density at radius 1 is 1.64 bits per heavy atom. The van der Waals surface area contributed by atoms with Gasteiger partial charge < -0.3 is 5.32 Å². The van der Waals surface area contributed by atoms with Crippen molar-refractivity contribution < 1.29 is 0 Å². The zero-order chi connectivity index (χ0) is 8.27. The molecule has 0 radical (unpaired) electrons. The smallest absolute Gasteiger partial charge is 0.0195 e. The molecule has 0 aliphatic carbocycles. The van der Waals surface area contributed by atoms with Gasteiger partial charge in [-0.05, 0) is 20.3 Å². The SMILES string of the molecule is CC[C@@H](C)N1CCNC[C@@H]1C. The van der Waals surface area contributed by atoms with Crippen molar-refractivity contribution in [1.82, 2.24) is 10.2 Å². The molecule has 1 rings (SSSR count). The molecule has 0 saturated carbocycles. The first-order chi connectivity index (χ1) is 5.25. The Hall–Kier alpha value is -0.0800. The molecule has 0 aromatic heterocycles. The number of hydrogen-bond acceptors (Lipinski definition) is 2. The number of nitrogens with one attached hydrogen (secondary N) is 1. The van der Waals surface area contributed by atoms with Gasteiger partial charge in [-0.1, -0.05) is 6.92 Å². The highest BCUT2D eigenvalue weighted by atomic mass is 15.2. The lowest BCUT2D eigenvalue weighted by molar-refractivity contribution is 0.123. The zero-order valence-electron chi connectivity index (χ0n) is 7.93. The summed E-state index contributed by atoms with van der Waals surface area (Å²) in [5, 5.41) is 3.40. The second kappa shape index (κ2) is 4.07. The van der Waals surface area contributed by atoms with Gasteiger partial charge >= 0.3 is 0 Å². The molecule has 2 atom stereocenters. The molecule has 0 amide bonds. The Labute approximate surface area is 70.0 Å². The summed E-state index contributed by atoms with van der Waals surface area (Å²) in [5.74, 6) is 0.